The molecule has 0 saturated carbocycles. The van der Waals surface area contributed by atoms with E-state index in [4.69, 9.17) is 4.74 Å². The monoisotopic (exact) mass is 413 g/mol. The smallest absolute Gasteiger partial charge is 0.314 e. The molecule has 1 saturated heterocycles. The molecule has 2 aromatic rings. The molecule has 1 aliphatic rings. The predicted octanol–water partition coefficient (Wildman–Crippen LogP) is 4.06. The maximum Gasteiger partial charge on any atom is 0.314 e. The average Bonchev–Trinajstić information content (AvgIpc) is 3.22. The van der Waals surface area contributed by atoms with Gasteiger partial charge in [-0.25, -0.2) is 4.79 Å². The second kappa shape index (κ2) is 11.0. The number of methoxy groups -OCH3 is 1. The molecule has 0 radical (unpaired) electrons. The van der Waals surface area contributed by atoms with Gasteiger partial charge >= 0.3 is 6.03 Å². The molecule has 6 heteroatoms. The van der Waals surface area contributed by atoms with Crippen LogP contribution < -0.4 is 20.3 Å². The molecule has 5 nitrogen and oxygen atoms in total. The molecule has 2 N–H and O–H groups in total. The number of carbonyl (C=O) groups excluding carboxylic acids is 1. The molecule has 29 heavy (non-hydrogen) atoms. The molecule has 0 bridgehead atoms. The minimum Gasteiger partial charge on any atom is -0.497 e. The van der Waals surface area contributed by atoms with Crippen LogP contribution in [0.5, 0.6) is 5.75 Å². The third-order valence-electron chi connectivity index (χ3n) is 5.18. The minimum absolute atomic E-state index is 0.0687. The summed E-state index contributed by atoms with van der Waals surface area (Å²) < 4.78 is 5.31. The molecule has 1 aliphatic heterocycles. The molecule has 0 aromatic heterocycles. The number of aryl methyl sites for hydroxylation is 1. The van der Waals surface area contributed by atoms with Gasteiger partial charge in [0.15, 0.2) is 0 Å². The third-order valence-corrected chi connectivity index (χ3v) is 6.21. The molecule has 1 fully saturated rings. The zero-order valence-electron chi connectivity index (χ0n) is 17.3. The summed E-state index contributed by atoms with van der Waals surface area (Å²) >= 11 is 1.84. The normalized spacial score (nSPS) is 15.9. The number of ether oxygens (including phenoxy) is 1. The maximum absolute atomic E-state index is 12.0. The van der Waals surface area contributed by atoms with Gasteiger partial charge in [-0.1, -0.05) is 35.9 Å². The van der Waals surface area contributed by atoms with Crippen molar-refractivity contribution in [2.45, 2.75) is 19.1 Å². The van der Waals surface area contributed by atoms with Gasteiger partial charge in [-0.3, -0.25) is 0 Å². The van der Waals surface area contributed by atoms with Gasteiger partial charge in [0.25, 0.3) is 0 Å². The van der Waals surface area contributed by atoms with E-state index in [1.807, 2.05) is 23.9 Å². The van der Waals surface area contributed by atoms with Gasteiger partial charge in [0.2, 0.25) is 0 Å². The maximum atomic E-state index is 12.0. The van der Waals surface area contributed by atoms with Crippen molar-refractivity contribution >= 4 is 23.5 Å². The number of hydrogen-bond donors (Lipinski definition) is 2. The topological polar surface area (TPSA) is 53.6 Å². The standard InChI is InChI=1S/C23H31N3O2S/c1-18-6-8-19(9-7-18)17-29-13-11-24-23(27)25-15-20-10-12-26(16-20)21-4-3-5-22(14-21)28-2/h3-9,14,20H,10-13,15-17H2,1-2H3,(H2,24,25,27). The first-order valence-electron chi connectivity index (χ1n) is 10.2. The molecule has 0 spiro atoms. The van der Waals surface area contributed by atoms with Crippen molar-refractivity contribution in [3.63, 3.8) is 0 Å². The molecule has 1 heterocycles. The molecular formula is C23H31N3O2S. The van der Waals surface area contributed by atoms with E-state index in [0.717, 1.165) is 36.8 Å². The number of nitrogens with zero attached hydrogens (tertiary/aromatic N) is 1. The number of nitrogens with one attached hydrogen (secondary N) is 2. The number of benzene rings is 2. The molecular weight excluding hydrogens is 382 g/mol. The Morgan fingerprint density at radius 3 is 2.83 bits per heavy atom. The fourth-order valence-corrected chi connectivity index (χ4v) is 4.27. The Morgan fingerprint density at radius 1 is 1.21 bits per heavy atom. The van der Waals surface area contributed by atoms with Gasteiger partial charge in [0.05, 0.1) is 7.11 Å². The van der Waals surface area contributed by atoms with Crippen LogP contribution in [-0.4, -0.2) is 45.1 Å². The highest BCUT2D eigenvalue weighted by Crippen LogP contribution is 2.26. The summed E-state index contributed by atoms with van der Waals surface area (Å²) in [6.45, 7) is 5.46. The Bertz CT molecular complexity index is 782. The second-order valence-corrected chi connectivity index (χ2v) is 8.58. The largest absolute Gasteiger partial charge is 0.497 e. The van der Waals surface area contributed by atoms with E-state index in [1.54, 1.807) is 7.11 Å². The lowest BCUT2D eigenvalue weighted by atomic mass is 10.1. The first-order valence-corrected chi connectivity index (χ1v) is 11.3. The van der Waals surface area contributed by atoms with E-state index in [-0.39, 0.29) is 6.03 Å². The zero-order valence-corrected chi connectivity index (χ0v) is 18.1. The third kappa shape index (κ3) is 6.89. The van der Waals surface area contributed by atoms with Crippen molar-refractivity contribution in [1.29, 1.82) is 0 Å². The lowest BCUT2D eigenvalue weighted by Gasteiger charge is -2.19. The fourth-order valence-electron chi connectivity index (χ4n) is 3.45. The van der Waals surface area contributed by atoms with Gasteiger partial charge in [-0.05, 0) is 37.0 Å². The van der Waals surface area contributed by atoms with Crippen molar-refractivity contribution in [3.05, 3.63) is 59.7 Å². The number of rotatable bonds is 9. The van der Waals surface area contributed by atoms with Gasteiger partial charge in [-0.15, -0.1) is 0 Å². The Morgan fingerprint density at radius 2 is 2.03 bits per heavy atom. The summed E-state index contributed by atoms with van der Waals surface area (Å²) in [5, 5.41) is 5.98. The van der Waals surface area contributed by atoms with Crippen LogP contribution in [-0.2, 0) is 5.75 Å². The van der Waals surface area contributed by atoms with Crippen molar-refractivity contribution in [1.82, 2.24) is 10.6 Å². The van der Waals surface area contributed by atoms with Crippen LogP contribution in [0.3, 0.4) is 0 Å². The van der Waals surface area contributed by atoms with Crippen molar-refractivity contribution in [2.75, 3.05) is 43.9 Å². The Hall–Kier alpha value is -2.34. The lowest BCUT2D eigenvalue weighted by molar-refractivity contribution is 0.240. The Kier molecular flexibility index (Phi) is 8.11. The van der Waals surface area contributed by atoms with E-state index in [0.29, 0.717) is 19.0 Å². The molecule has 156 valence electrons. The van der Waals surface area contributed by atoms with Crippen LogP contribution in [0, 0.1) is 12.8 Å². The van der Waals surface area contributed by atoms with Crippen molar-refractivity contribution in [3.8, 4) is 5.75 Å². The van der Waals surface area contributed by atoms with Crippen molar-refractivity contribution < 1.29 is 9.53 Å². The van der Waals surface area contributed by atoms with E-state index >= 15 is 0 Å². The van der Waals surface area contributed by atoms with Crippen LogP contribution in [0.1, 0.15) is 17.5 Å². The molecule has 3 rings (SSSR count). The summed E-state index contributed by atoms with van der Waals surface area (Å²) in [6, 6.07) is 16.7. The second-order valence-electron chi connectivity index (χ2n) is 7.48. The summed E-state index contributed by atoms with van der Waals surface area (Å²) in [7, 11) is 1.69. The minimum atomic E-state index is -0.0687. The Labute approximate surface area is 178 Å². The quantitative estimate of drug-likeness (QED) is 0.609. The SMILES string of the molecule is COc1cccc(N2CCC(CNC(=O)NCCSCc3ccc(C)cc3)C2)c1. The highest BCUT2D eigenvalue weighted by molar-refractivity contribution is 7.98. The van der Waals surface area contributed by atoms with E-state index in [9.17, 15) is 4.79 Å². The van der Waals surface area contributed by atoms with E-state index < -0.39 is 0 Å². The Balaban J connectivity index is 1.28. The number of urea groups is 1. The highest BCUT2D eigenvalue weighted by Gasteiger charge is 2.23. The van der Waals surface area contributed by atoms with E-state index in [1.165, 1.54) is 16.8 Å². The average molecular weight is 414 g/mol. The molecule has 2 amide bonds. The number of anilines is 1. The summed E-state index contributed by atoms with van der Waals surface area (Å²) in [5.41, 5.74) is 3.79. The molecule has 1 atom stereocenters. The molecule has 0 aliphatic carbocycles. The van der Waals surface area contributed by atoms with Crippen LogP contribution in [0.4, 0.5) is 10.5 Å². The van der Waals surface area contributed by atoms with E-state index in [2.05, 4.69) is 58.9 Å². The first kappa shape index (κ1) is 21.4. The number of carbonyl (C=O) groups is 1. The van der Waals surface area contributed by atoms with Crippen LogP contribution >= 0.6 is 11.8 Å². The van der Waals surface area contributed by atoms with Crippen LogP contribution in [0.2, 0.25) is 0 Å². The highest BCUT2D eigenvalue weighted by atomic mass is 32.2. The van der Waals surface area contributed by atoms with Gasteiger partial charge < -0.3 is 20.3 Å². The molecule has 1 unspecified atom stereocenters. The summed E-state index contributed by atoms with van der Waals surface area (Å²) in [4.78, 5) is 14.4. The number of thioether (sulfide) groups is 1. The van der Waals surface area contributed by atoms with Crippen LogP contribution in [0.15, 0.2) is 48.5 Å². The van der Waals surface area contributed by atoms with Crippen LogP contribution in [0.25, 0.3) is 0 Å². The van der Waals surface area contributed by atoms with Gasteiger partial charge in [0, 0.05) is 49.4 Å². The fraction of sp³-hybridized carbons (Fsp3) is 0.435. The van der Waals surface area contributed by atoms with Crippen molar-refractivity contribution in [2.24, 2.45) is 5.92 Å². The van der Waals surface area contributed by atoms with Gasteiger partial charge in [0.1, 0.15) is 5.75 Å². The zero-order chi connectivity index (χ0) is 20.5. The van der Waals surface area contributed by atoms with Gasteiger partial charge in [-0.2, -0.15) is 11.8 Å². The summed E-state index contributed by atoms with van der Waals surface area (Å²) in [6.07, 6.45) is 1.09. The number of hydrogen-bond acceptors (Lipinski definition) is 4. The predicted molar refractivity (Wildman–Crippen MR) is 122 cm³/mol. The molecule has 2 aromatic carbocycles. The first-order chi connectivity index (χ1) is 14.1. The number of amides is 2. The lowest BCUT2D eigenvalue weighted by Crippen LogP contribution is -2.39. The summed E-state index contributed by atoms with van der Waals surface area (Å²) in [5.74, 6) is 3.24.